The number of aromatic hydroxyl groups is 1. The van der Waals surface area contributed by atoms with Gasteiger partial charge in [0.25, 0.3) is 0 Å². The average Bonchev–Trinajstić information content (AvgIpc) is 3.43. The third-order valence-electron chi connectivity index (χ3n) is 11.8. The molecule has 1 aromatic rings. The van der Waals surface area contributed by atoms with Crippen LogP contribution in [-0.2, 0) is 16.0 Å². The summed E-state index contributed by atoms with van der Waals surface area (Å²) >= 11 is 0. The second kappa shape index (κ2) is 10.8. The highest BCUT2D eigenvalue weighted by atomic mass is 16.3. The minimum atomic E-state index is -2.60. The first kappa shape index (κ1) is 31.5. The van der Waals surface area contributed by atoms with Gasteiger partial charge in [0, 0.05) is 22.3 Å². The minimum absolute atomic E-state index is 0.0733. The van der Waals surface area contributed by atoms with Gasteiger partial charge >= 0.3 is 0 Å². The first-order valence-electron chi connectivity index (χ1n) is 16.6. The smallest absolute Gasteiger partial charge is 0.209 e. The number of hydrogen-bond acceptors (Lipinski definition) is 7. The van der Waals surface area contributed by atoms with Crippen LogP contribution in [-0.4, -0.2) is 43.4 Å². The molecule has 5 aliphatic rings. The molecule has 7 nitrogen and oxygen atoms in total. The lowest BCUT2D eigenvalue weighted by Gasteiger charge is -2.59. The Kier molecular flexibility index (Phi) is 7.58. The molecule has 1 aromatic carbocycles. The van der Waals surface area contributed by atoms with Crippen LogP contribution in [0.3, 0.4) is 0 Å². The molecule has 0 aliphatic heterocycles. The normalized spacial score (nSPS) is 31.9. The summed E-state index contributed by atoms with van der Waals surface area (Å²) in [6, 6.07) is 3.36. The van der Waals surface area contributed by atoms with E-state index in [0.29, 0.717) is 5.56 Å². The molecule has 0 radical (unpaired) electrons. The van der Waals surface area contributed by atoms with Crippen LogP contribution in [0.1, 0.15) is 114 Å². The summed E-state index contributed by atoms with van der Waals surface area (Å²) in [7, 11) is 0. The number of phenolic OH excluding ortho intramolecular Hbond substituents is 1. The van der Waals surface area contributed by atoms with Crippen molar-refractivity contribution in [3.05, 3.63) is 69.2 Å². The number of fused-ring (bicyclic) bond motifs is 3. The van der Waals surface area contributed by atoms with Crippen LogP contribution in [0.2, 0.25) is 0 Å². The van der Waals surface area contributed by atoms with Crippen molar-refractivity contribution < 1.29 is 34.8 Å². The van der Waals surface area contributed by atoms with Gasteiger partial charge in [-0.3, -0.25) is 14.4 Å². The Morgan fingerprint density at radius 1 is 1.02 bits per heavy atom. The van der Waals surface area contributed by atoms with Gasteiger partial charge in [0.05, 0.1) is 5.56 Å². The number of allylic oxidation sites excluding steroid dienone is 6. The number of hydrogen-bond donors (Lipinski definition) is 4. The zero-order chi connectivity index (χ0) is 32.6. The molecule has 4 atom stereocenters. The molecule has 1 fully saturated rings. The summed E-state index contributed by atoms with van der Waals surface area (Å²) in [6.07, 6.45) is 14.3. The van der Waals surface area contributed by atoms with Crippen molar-refractivity contribution in [2.45, 2.75) is 104 Å². The zero-order valence-corrected chi connectivity index (χ0v) is 27.1. The molecule has 1 unspecified atom stereocenters. The van der Waals surface area contributed by atoms with E-state index in [1.54, 1.807) is 6.92 Å². The topological polar surface area (TPSA) is 132 Å². The molecule has 0 amide bonds. The number of aliphatic hydroxyl groups is 3. The summed E-state index contributed by atoms with van der Waals surface area (Å²) in [5.74, 6) is -4.19. The number of carbonyl (C=O) groups is 3. The molecule has 5 aliphatic carbocycles. The molecule has 0 saturated heterocycles. The number of Topliss-reactive ketones (excluding diaryl/α,β-unsaturated/α-hetero) is 3. The van der Waals surface area contributed by atoms with E-state index in [2.05, 4.69) is 12.2 Å². The minimum Gasteiger partial charge on any atom is -0.511 e. The molecule has 0 spiro atoms. The lowest BCUT2D eigenvalue weighted by Crippen LogP contribution is -2.67. The van der Waals surface area contributed by atoms with E-state index in [0.717, 1.165) is 36.8 Å². The van der Waals surface area contributed by atoms with Crippen molar-refractivity contribution in [3.63, 3.8) is 0 Å². The van der Waals surface area contributed by atoms with E-state index in [1.807, 2.05) is 26.8 Å². The van der Waals surface area contributed by atoms with Gasteiger partial charge in [0.1, 0.15) is 22.8 Å². The first-order valence-corrected chi connectivity index (χ1v) is 16.6. The van der Waals surface area contributed by atoms with Crippen LogP contribution in [0, 0.1) is 28.6 Å². The Labute approximate surface area is 265 Å². The van der Waals surface area contributed by atoms with Crippen molar-refractivity contribution >= 4 is 22.9 Å². The van der Waals surface area contributed by atoms with E-state index in [4.69, 9.17) is 0 Å². The average molecular weight is 615 g/mol. The highest BCUT2D eigenvalue weighted by Gasteiger charge is 2.71. The van der Waals surface area contributed by atoms with Gasteiger partial charge in [-0.25, -0.2) is 0 Å². The molecule has 45 heavy (non-hydrogen) atoms. The maximum atomic E-state index is 14.4. The van der Waals surface area contributed by atoms with Gasteiger partial charge in [-0.2, -0.15) is 0 Å². The maximum absolute atomic E-state index is 14.4. The second-order valence-electron chi connectivity index (χ2n) is 15.2. The number of phenols is 1. The first-order chi connectivity index (χ1) is 21.2. The molecule has 0 bridgehead atoms. The van der Waals surface area contributed by atoms with E-state index >= 15 is 0 Å². The van der Waals surface area contributed by atoms with Crippen LogP contribution in [0.25, 0.3) is 5.57 Å². The number of aliphatic hydroxyl groups excluding tert-OH is 2. The van der Waals surface area contributed by atoms with Crippen LogP contribution < -0.4 is 0 Å². The third kappa shape index (κ3) is 4.51. The number of benzene rings is 1. The van der Waals surface area contributed by atoms with Crippen LogP contribution in [0.15, 0.2) is 52.5 Å². The van der Waals surface area contributed by atoms with Crippen LogP contribution >= 0.6 is 0 Å². The summed E-state index contributed by atoms with van der Waals surface area (Å²) in [4.78, 5) is 40.8. The van der Waals surface area contributed by atoms with Gasteiger partial charge in [-0.05, 0) is 73.6 Å². The van der Waals surface area contributed by atoms with Crippen LogP contribution in [0.5, 0.6) is 5.75 Å². The lowest BCUT2D eigenvalue weighted by atomic mass is 9.44. The summed E-state index contributed by atoms with van der Waals surface area (Å²) in [6.45, 7) is 8.31. The number of rotatable bonds is 6. The molecule has 0 aromatic heterocycles. The fraction of sp³-hybridized carbons (Fsp3) is 0.553. The van der Waals surface area contributed by atoms with E-state index in [9.17, 15) is 34.8 Å². The number of ketones is 3. The second-order valence-corrected chi connectivity index (χ2v) is 15.2. The predicted octanol–water partition coefficient (Wildman–Crippen LogP) is 7.42. The van der Waals surface area contributed by atoms with Crippen LogP contribution in [0.4, 0.5) is 0 Å². The Morgan fingerprint density at radius 2 is 1.71 bits per heavy atom. The van der Waals surface area contributed by atoms with Gasteiger partial charge in [-0.15, -0.1) is 0 Å². The summed E-state index contributed by atoms with van der Waals surface area (Å²) < 4.78 is 0. The van der Waals surface area contributed by atoms with E-state index < -0.39 is 51.0 Å². The zero-order valence-electron chi connectivity index (χ0n) is 27.1. The molecule has 7 heteroatoms. The molecule has 240 valence electrons. The number of carbonyl (C=O) groups excluding carboxylic acids is 3. The van der Waals surface area contributed by atoms with Crippen molar-refractivity contribution in [1.29, 1.82) is 0 Å². The fourth-order valence-corrected chi connectivity index (χ4v) is 9.84. The fourth-order valence-electron chi connectivity index (χ4n) is 9.84. The van der Waals surface area contributed by atoms with Gasteiger partial charge in [0.15, 0.2) is 17.2 Å². The Bertz CT molecular complexity index is 1630. The largest absolute Gasteiger partial charge is 0.511 e. The van der Waals surface area contributed by atoms with Gasteiger partial charge in [-0.1, -0.05) is 83.6 Å². The molecular weight excluding hydrogens is 568 g/mol. The van der Waals surface area contributed by atoms with Crippen molar-refractivity contribution in [3.8, 4) is 5.75 Å². The molecule has 6 rings (SSSR count). The monoisotopic (exact) mass is 614 g/mol. The molecule has 4 N–H and O–H groups in total. The van der Waals surface area contributed by atoms with Gasteiger partial charge < -0.3 is 20.4 Å². The van der Waals surface area contributed by atoms with Crippen molar-refractivity contribution in [1.82, 2.24) is 0 Å². The maximum Gasteiger partial charge on any atom is 0.209 e. The molecular formula is C38H46O7. The van der Waals surface area contributed by atoms with Gasteiger partial charge in [0.2, 0.25) is 5.78 Å². The van der Waals surface area contributed by atoms with E-state index in [1.165, 1.54) is 50.2 Å². The standard InChI is InChI=1S/C38H46O7/c1-20(2)30-32(41)28(21(3)39)34(43)38(45)35(44)31-33(42)29-26(18-36(31,4)19-37(30,38)5)25(15-16-27(29)40)24-14-13-23(17-24)12-11-22-9-7-6-8-10-22/h13-16,20,22,30,40-41,44-45H,6-12,17-19H2,1-5H3/t30?,36-,37-,38+/m1/s1. The quantitative estimate of drug-likeness (QED) is 0.245. The highest BCUT2D eigenvalue weighted by molar-refractivity contribution is 6.25. The third-order valence-corrected chi connectivity index (χ3v) is 11.8. The van der Waals surface area contributed by atoms with E-state index in [-0.39, 0.29) is 41.4 Å². The van der Waals surface area contributed by atoms with Crippen molar-refractivity contribution in [2.75, 3.05) is 0 Å². The summed E-state index contributed by atoms with van der Waals surface area (Å²) in [5.41, 5.74) is -1.64. The highest BCUT2D eigenvalue weighted by Crippen LogP contribution is 2.65. The Morgan fingerprint density at radius 3 is 2.36 bits per heavy atom. The molecule has 1 saturated carbocycles. The Hall–Kier alpha value is -3.45. The SMILES string of the molecule is CC(=O)C1=C(O)C(C(C)C)[C@@]2(C)C[C@@]3(C)Cc4c(C5=CC=C(CCC6CCCCC6)C5)ccc(O)c4C(=O)C3=C(O)[C@@]2(O)C1=O. The molecule has 0 heterocycles. The predicted molar refractivity (Wildman–Crippen MR) is 172 cm³/mol. The summed E-state index contributed by atoms with van der Waals surface area (Å²) in [5, 5.41) is 46.5. The Balaban J connectivity index is 1.41. The lowest BCUT2D eigenvalue weighted by molar-refractivity contribution is -0.171. The van der Waals surface area contributed by atoms with Crippen molar-refractivity contribution in [2.24, 2.45) is 28.6 Å².